The van der Waals surface area contributed by atoms with Crippen LogP contribution in [0.1, 0.15) is 6.42 Å². The lowest BCUT2D eigenvalue weighted by Gasteiger charge is -1.99. The highest BCUT2D eigenvalue weighted by atomic mass is 127. The first-order valence-corrected chi connectivity index (χ1v) is 5.68. The average molecular weight is 295 g/mol. The fourth-order valence-electron chi connectivity index (χ4n) is 0.782. The predicted molar refractivity (Wildman–Crippen MR) is 63.1 cm³/mol. The number of nitrogens with two attached hydrogens (primary N) is 2. The Hall–Kier alpha value is -0.170. The van der Waals surface area contributed by atoms with Gasteiger partial charge in [-0.15, -0.1) is 11.8 Å². The normalized spacial score (nSPS) is 18.5. The third-order valence-corrected chi connectivity index (χ3v) is 3.49. The zero-order valence-electron chi connectivity index (χ0n) is 6.67. The van der Waals surface area contributed by atoms with E-state index in [-0.39, 0.29) is 0 Å². The van der Waals surface area contributed by atoms with Crippen LogP contribution in [0.25, 0.3) is 0 Å². The molecule has 0 saturated heterocycles. The molecule has 66 valence electrons. The van der Waals surface area contributed by atoms with Crippen molar-refractivity contribution in [3.05, 3.63) is 20.4 Å². The summed E-state index contributed by atoms with van der Waals surface area (Å²) in [5.74, 6) is 0.422. The number of amidine groups is 1. The number of hydrogen-bond acceptors (Lipinski definition) is 4. The van der Waals surface area contributed by atoms with Crippen molar-refractivity contribution in [2.75, 3.05) is 6.26 Å². The van der Waals surface area contributed by atoms with Crippen LogP contribution in [0.5, 0.6) is 0 Å². The Bertz CT molecular complexity index is 280. The van der Waals surface area contributed by atoms with Crippen LogP contribution in [0.3, 0.4) is 0 Å². The van der Waals surface area contributed by atoms with E-state index in [1.54, 1.807) is 11.8 Å². The van der Waals surface area contributed by atoms with Gasteiger partial charge in [0.15, 0.2) is 0 Å². The summed E-state index contributed by atoms with van der Waals surface area (Å²) < 4.78 is 1.18. The number of nitrogens with zero attached hydrogens (tertiary/aromatic N) is 1. The fraction of sp³-hybridized carbons (Fsp3) is 0.286. The number of thioether (sulfide) groups is 1. The standard InChI is InChI=1S/C7H10IN3S/c1-12-7-4(8)2-3-5(9)6(10)11-7/h3H,2,9H2,1H3,(H2,10,11). The van der Waals surface area contributed by atoms with Gasteiger partial charge in [-0.1, -0.05) is 6.08 Å². The van der Waals surface area contributed by atoms with Crippen LogP contribution < -0.4 is 11.5 Å². The van der Waals surface area contributed by atoms with Crippen LogP contribution in [0.2, 0.25) is 0 Å². The van der Waals surface area contributed by atoms with Gasteiger partial charge < -0.3 is 11.5 Å². The van der Waals surface area contributed by atoms with Gasteiger partial charge in [-0.25, -0.2) is 4.99 Å². The first kappa shape index (κ1) is 9.91. The minimum absolute atomic E-state index is 0.422. The summed E-state index contributed by atoms with van der Waals surface area (Å²) in [4.78, 5) is 4.19. The predicted octanol–water partition coefficient (Wildman–Crippen LogP) is 1.56. The fourth-order valence-corrected chi connectivity index (χ4v) is 2.28. The van der Waals surface area contributed by atoms with Gasteiger partial charge in [-0.05, 0) is 28.8 Å². The van der Waals surface area contributed by atoms with Crippen LogP contribution in [0, 0.1) is 0 Å². The van der Waals surface area contributed by atoms with Crippen molar-refractivity contribution in [2.24, 2.45) is 16.5 Å². The number of aliphatic imine (C=N–C) groups is 1. The lowest BCUT2D eigenvalue weighted by Crippen LogP contribution is -2.20. The summed E-state index contributed by atoms with van der Waals surface area (Å²) in [6.07, 6.45) is 4.70. The minimum Gasteiger partial charge on any atom is -0.396 e. The highest BCUT2D eigenvalue weighted by Crippen LogP contribution is 2.28. The van der Waals surface area contributed by atoms with Crippen LogP contribution in [-0.2, 0) is 0 Å². The second-order valence-electron chi connectivity index (χ2n) is 2.27. The molecule has 12 heavy (non-hydrogen) atoms. The molecule has 3 nitrogen and oxygen atoms in total. The Morgan fingerprint density at radius 2 is 2.25 bits per heavy atom. The first-order chi connectivity index (χ1) is 5.65. The highest BCUT2D eigenvalue weighted by Gasteiger charge is 2.08. The third-order valence-electron chi connectivity index (χ3n) is 1.44. The maximum absolute atomic E-state index is 5.62. The molecule has 0 aromatic carbocycles. The number of rotatable bonds is 1. The van der Waals surface area contributed by atoms with Crippen LogP contribution in [0.15, 0.2) is 25.4 Å². The molecule has 0 bridgehead atoms. The van der Waals surface area contributed by atoms with Crippen LogP contribution in [-0.4, -0.2) is 12.1 Å². The van der Waals surface area contributed by atoms with E-state index in [1.807, 2.05) is 12.3 Å². The Morgan fingerprint density at radius 1 is 1.58 bits per heavy atom. The summed E-state index contributed by atoms with van der Waals surface area (Å²) in [7, 11) is 0. The van der Waals surface area contributed by atoms with Crippen molar-refractivity contribution in [1.82, 2.24) is 0 Å². The maximum Gasteiger partial charge on any atom is 0.147 e. The molecule has 4 N–H and O–H groups in total. The molecular formula is C7H10IN3S. The van der Waals surface area contributed by atoms with Crippen molar-refractivity contribution < 1.29 is 0 Å². The van der Waals surface area contributed by atoms with Gasteiger partial charge in [0.1, 0.15) is 10.9 Å². The Kier molecular flexibility index (Phi) is 3.45. The van der Waals surface area contributed by atoms with Gasteiger partial charge in [0.2, 0.25) is 0 Å². The third kappa shape index (κ3) is 2.16. The van der Waals surface area contributed by atoms with E-state index in [1.165, 1.54) is 3.58 Å². The topological polar surface area (TPSA) is 64.4 Å². The van der Waals surface area contributed by atoms with Crippen molar-refractivity contribution in [3.8, 4) is 0 Å². The average Bonchev–Trinajstić information content (AvgIpc) is 2.18. The van der Waals surface area contributed by atoms with E-state index in [4.69, 9.17) is 11.5 Å². The summed E-state index contributed by atoms with van der Waals surface area (Å²) in [5.41, 5.74) is 11.8. The second kappa shape index (κ2) is 4.18. The molecule has 0 atom stereocenters. The van der Waals surface area contributed by atoms with E-state index in [0.29, 0.717) is 11.5 Å². The van der Waals surface area contributed by atoms with Gasteiger partial charge in [0.25, 0.3) is 0 Å². The molecule has 1 aliphatic rings. The van der Waals surface area contributed by atoms with Gasteiger partial charge in [-0.3, -0.25) is 0 Å². The van der Waals surface area contributed by atoms with Crippen molar-refractivity contribution in [1.29, 1.82) is 0 Å². The molecule has 0 unspecified atom stereocenters. The van der Waals surface area contributed by atoms with E-state index in [0.717, 1.165) is 11.4 Å². The molecule has 1 rings (SSSR count). The summed E-state index contributed by atoms with van der Waals surface area (Å²) >= 11 is 3.85. The molecule has 0 fully saturated rings. The maximum atomic E-state index is 5.62. The molecule has 0 amide bonds. The number of halogens is 1. The molecular weight excluding hydrogens is 285 g/mol. The van der Waals surface area contributed by atoms with Crippen molar-refractivity contribution in [3.63, 3.8) is 0 Å². The molecule has 0 aromatic heterocycles. The smallest absolute Gasteiger partial charge is 0.147 e. The zero-order chi connectivity index (χ0) is 9.14. The monoisotopic (exact) mass is 295 g/mol. The van der Waals surface area contributed by atoms with Crippen molar-refractivity contribution >= 4 is 40.2 Å². The van der Waals surface area contributed by atoms with E-state index < -0.39 is 0 Å². The quantitative estimate of drug-likeness (QED) is 0.722. The second-order valence-corrected chi connectivity index (χ2v) is 4.37. The first-order valence-electron chi connectivity index (χ1n) is 3.38. The summed E-state index contributed by atoms with van der Waals surface area (Å²) in [5, 5.41) is 0.963. The molecule has 1 heterocycles. The minimum atomic E-state index is 0.422. The van der Waals surface area contributed by atoms with Crippen LogP contribution >= 0.6 is 34.4 Å². The largest absolute Gasteiger partial charge is 0.396 e. The molecule has 0 aliphatic carbocycles. The SMILES string of the molecule is CSC1=C(I)CC=C(N)C(N)=N1. The lowest BCUT2D eigenvalue weighted by atomic mass is 10.3. The molecule has 5 heteroatoms. The van der Waals surface area contributed by atoms with E-state index in [2.05, 4.69) is 27.6 Å². The summed E-state index contributed by atoms with van der Waals surface area (Å²) in [6, 6.07) is 0. The van der Waals surface area contributed by atoms with Crippen molar-refractivity contribution in [2.45, 2.75) is 6.42 Å². The molecule has 1 aliphatic heterocycles. The number of hydrogen-bond donors (Lipinski definition) is 2. The van der Waals surface area contributed by atoms with E-state index >= 15 is 0 Å². The summed E-state index contributed by atoms with van der Waals surface area (Å²) in [6.45, 7) is 0. The molecule has 0 radical (unpaired) electrons. The van der Waals surface area contributed by atoms with Gasteiger partial charge >= 0.3 is 0 Å². The Balaban J connectivity index is 3.03. The van der Waals surface area contributed by atoms with Gasteiger partial charge in [0, 0.05) is 10.0 Å². The highest BCUT2D eigenvalue weighted by molar-refractivity contribution is 14.1. The Labute approximate surface area is 89.5 Å². The van der Waals surface area contributed by atoms with Gasteiger partial charge in [-0.2, -0.15) is 0 Å². The van der Waals surface area contributed by atoms with Crippen LogP contribution in [0.4, 0.5) is 0 Å². The van der Waals surface area contributed by atoms with E-state index in [9.17, 15) is 0 Å². The lowest BCUT2D eigenvalue weighted by molar-refractivity contribution is 1.32. The Morgan fingerprint density at radius 3 is 2.83 bits per heavy atom. The molecule has 0 spiro atoms. The number of allylic oxidation sites excluding steroid dienone is 2. The zero-order valence-corrected chi connectivity index (χ0v) is 9.65. The van der Waals surface area contributed by atoms with Gasteiger partial charge in [0.05, 0.1) is 5.70 Å². The molecule has 0 saturated carbocycles. The molecule has 0 aromatic rings.